The third kappa shape index (κ3) is 3.57. The van der Waals surface area contributed by atoms with Crippen LogP contribution in [0.15, 0.2) is 18.2 Å². The van der Waals surface area contributed by atoms with E-state index in [0.717, 1.165) is 6.07 Å². The highest BCUT2D eigenvalue weighted by molar-refractivity contribution is 9.09. The minimum absolute atomic E-state index is 0.0527. The van der Waals surface area contributed by atoms with Gasteiger partial charge in [-0.05, 0) is 25.1 Å². The first-order chi connectivity index (χ1) is 7.54. The maximum Gasteiger partial charge on any atom is 0.163 e. The van der Waals surface area contributed by atoms with Crippen molar-refractivity contribution in [1.82, 2.24) is 0 Å². The Balaban J connectivity index is 2.82. The van der Waals surface area contributed by atoms with Crippen molar-refractivity contribution in [2.45, 2.75) is 13.0 Å². The molecule has 1 rings (SSSR count). The van der Waals surface area contributed by atoms with Gasteiger partial charge in [-0.2, -0.15) is 0 Å². The van der Waals surface area contributed by atoms with Crippen LogP contribution in [0.3, 0.4) is 0 Å². The molecule has 0 spiro atoms. The fourth-order valence-corrected chi connectivity index (χ4v) is 1.32. The molecule has 16 heavy (non-hydrogen) atoms. The maximum absolute atomic E-state index is 12.9. The molecule has 0 radical (unpaired) electrons. The van der Waals surface area contributed by atoms with E-state index in [2.05, 4.69) is 15.9 Å². The van der Waals surface area contributed by atoms with Crippen molar-refractivity contribution in [1.29, 1.82) is 0 Å². The minimum Gasteiger partial charge on any atom is -0.490 e. The minimum atomic E-state index is -0.662. The SMILES string of the molecule is CC(=O)c1cc(F)ccc1OCC(O)CBr. The molecular weight excluding hydrogens is 279 g/mol. The molecule has 1 atom stereocenters. The molecule has 0 fully saturated rings. The lowest BCUT2D eigenvalue weighted by Gasteiger charge is -2.12. The number of carbonyl (C=O) groups excluding carboxylic acids is 1. The number of hydrogen-bond acceptors (Lipinski definition) is 3. The number of carbonyl (C=O) groups is 1. The molecule has 0 heterocycles. The molecule has 0 amide bonds. The van der Waals surface area contributed by atoms with E-state index < -0.39 is 11.9 Å². The molecule has 88 valence electrons. The van der Waals surface area contributed by atoms with Gasteiger partial charge in [0.25, 0.3) is 0 Å². The highest BCUT2D eigenvalue weighted by atomic mass is 79.9. The van der Waals surface area contributed by atoms with Crippen molar-refractivity contribution in [2.24, 2.45) is 0 Å². The quantitative estimate of drug-likeness (QED) is 0.668. The summed E-state index contributed by atoms with van der Waals surface area (Å²) in [5.41, 5.74) is 0.182. The smallest absolute Gasteiger partial charge is 0.163 e. The first kappa shape index (κ1) is 13.1. The van der Waals surface area contributed by atoms with Crippen molar-refractivity contribution in [2.75, 3.05) is 11.9 Å². The van der Waals surface area contributed by atoms with E-state index in [1.54, 1.807) is 0 Å². The Labute approximate surface area is 101 Å². The molecule has 0 aliphatic carbocycles. The summed E-state index contributed by atoms with van der Waals surface area (Å²) in [5.74, 6) is -0.477. The lowest BCUT2D eigenvalue weighted by Crippen LogP contribution is -2.19. The molecule has 3 nitrogen and oxygen atoms in total. The third-order valence-corrected chi connectivity index (χ3v) is 2.68. The van der Waals surface area contributed by atoms with Crippen LogP contribution in [-0.2, 0) is 0 Å². The summed E-state index contributed by atoms with van der Waals surface area (Å²) in [6, 6.07) is 3.72. The number of aliphatic hydroxyl groups excluding tert-OH is 1. The van der Waals surface area contributed by atoms with Crippen molar-refractivity contribution >= 4 is 21.7 Å². The van der Waals surface area contributed by atoms with Crippen molar-refractivity contribution < 1.29 is 19.0 Å². The van der Waals surface area contributed by atoms with Crippen LogP contribution in [0.5, 0.6) is 5.75 Å². The van der Waals surface area contributed by atoms with E-state index in [9.17, 15) is 14.3 Å². The first-order valence-corrected chi connectivity index (χ1v) is 5.84. The topological polar surface area (TPSA) is 46.5 Å². The average molecular weight is 291 g/mol. The molecule has 0 aliphatic rings. The number of hydrogen-bond donors (Lipinski definition) is 1. The van der Waals surface area contributed by atoms with Gasteiger partial charge in [0.2, 0.25) is 0 Å². The number of Topliss-reactive ketones (excluding diaryl/α,β-unsaturated/α-hetero) is 1. The monoisotopic (exact) mass is 290 g/mol. The summed E-state index contributed by atoms with van der Waals surface area (Å²) in [7, 11) is 0. The van der Waals surface area contributed by atoms with Gasteiger partial charge < -0.3 is 9.84 Å². The number of benzene rings is 1. The average Bonchev–Trinajstić information content (AvgIpc) is 2.26. The second-order valence-corrected chi connectivity index (χ2v) is 3.96. The van der Waals surface area contributed by atoms with Gasteiger partial charge >= 0.3 is 0 Å². The lowest BCUT2D eigenvalue weighted by molar-refractivity contribution is 0.0997. The normalized spacial score (nSPS) is 12.2. The summed E-state index contributed by atoms with van der Waals surface area (Å²) in [4.78, 5) is 11.2. The van der Waals surface area contributed by atoms with Crippen molar-refractivity contribution in [3.8, 4) is 5.75 Å². The molecule has 1 aromatic carbocycles. The standard InChI is InChI=1S/C11H12BrFO3/c1-7(14)10-4-8(13)2-3-11(10)16-6-9(15)5-12/h2-4,9,15H,5-6H2,1H3. The largest absolute Gasteiger partial charge is 0.490 e. The Morgan fingerprint density at radius 3 is 2.88 bits per heavy atom. The highest BCUT2D eigenvalue weighted by Crippen LogP contribution is 2.20. The number of aliphatic hydroxyl groups is 1. The number of ether oxygens (including phenoxy) is 1. The van der Waals surface area contributed by atoms with Gasteiger partial charge in [-0.1, -0.05) is 15.9 Å². The molecule has 0 aliphatic heterocycles. The van der Waals surface area contributed by atoms with Crippen LogP contribution in [0.1, 0.15) is 17.3 Å². The molecule has 0 saturated heterocycles. The zero-order valence-electron chi connectivity index (χ0n) is 8.74. The summed E-state index contributed by atoms with van der Waals surface area (Å²) < 4.78 is 18.1. The Kier molecular flexibility index (Phi) is 4.89. The molecule has 0 bridgehead atoms. The third-order valence-electron chi connectivity index (χ3n) is 1.93. The van der Waals surface area contributed by atoms with Crippen molar-refractivity contribution in [3.63, 3.8) is 0 Å². The summed E-state index contributed by atoms with van der Waals surface area (Å²) in [6.45, 7) is 1.39. The number of halogens is 2. The van der Waals surface area contributed by atoms with Crippen LogP contribution in [0.2, 0.25) is 0 Å². The number of rotatable bonds is 5. The zero-order valence-corrected chi connectivity index (χ0v) is 10.3. The van der Waals surface area contributed by atoms with Gasteiger partial charge in [0.1, 0.15) is 18.2 Å². The van der Waals surface area contributed by atoms with E-state index in [1.165, 1.54) is 19.1 Å². The second-order valence-electron chi connectivity index (χ2n) is 3.32. The van der Waals surface area contributed by atoms with Crippen molar-refractivity contribution in [3.05, 3.63) is 29.6 Å². The molecule has 5 heteroatoms. The van der Waals surface area contributed by atoms with Crippen LogP contribution in [0.25, 0.3) is 0 Å². The van der Waals surface area contributed by atoms with Gasteiger partial charge in [0, 0.05) is 5.33 Å². The predicted molar refractivity (Wildman–Crippen MR) is 61.7 cm³/mol. The Morgan fingerprint density at radius 2 is 2.31 bits per heavy atom. The summed E-state index contributed by atoms with van der Waals surface area (Å²) >= 11 is 3.09. The van der Waals surface area contributed by atoms with E-state index in [-0.39, 0.29) is 23.7 Å². The van der Waals surface area contributed by atoms with Gasteiger partial charge in [-0.25, -0.2) is 4.39 Å². The molecule has 0 aromatic heterocycles. The number of ketones is 1. The van der Waals surface area contributed by atoms with Crippen LogP contribution < -0.4 is 4.74 Å². The predicted octanol–water partition coefficient (Wildman–Crippen LogP) is 2.16. The van der Waals surface area contributed by atoms with Gasteiger partial charge in [-0.15, -0.1) is 0 Å². The van der Waals surface area contributed by atoms with Gasteiger partial charge in [0.05, 0.1) is 11.7 Å². The fourth-order valence-electron chi connectivity index (χ4n) is 1.13. The fraction of sp³-hybridized carbons (Fsp3) is 0.364. The highest BCUT2D eigenvalue weighted by Gasteiger charge is 2.11. The molecule has 1 unspecified atom stereocenters. The summed E-state index contributed by atoms with van der Waals surface area (Å²) in [6.07, 6.45) is -0.662. The van der Waals surface area contributed by atoms with Crippen LogP contribution in [-0.4, -0.2) is 28.9 Å². The molecule has 0 saturated carbocycles. The Bertz CT molecular complexity index is 381. The lowest BCUT2D eigenvalue weighted by atomic mass is 10.1. The Hall–Kier alpha value is -0.940. The van der Waals surface area contributed by atoms with E-state index in [1.807, 2.05) is 0 Å². The van der Waals surface area contributed by atoms with Crippen LogP contribution >= 0.6 is 15.9 Å². The van der Waals surface area contributed by atoms with Gasteiger partial charge in [-0.3, -0.25) is 4.79 Å². The second kappa shape index (κ2) is 5.96. The molecule has 1 aromatic rings. The molecular formula is C11H12BrFO3. The van der Waals surface area contributed by atoms with E-state index in [0.29, 0.717) is 5.33 Å². The molecule has 1 N–H and O–H groups in total. The van der Waals surface area contributed by atoms with Crippen LogP contribution in [0, 0.1) is 5.82 Å². The van der Waals surface area contributed by atoms with Gasteiger partial charge in [0.15, 0.2) is 5.78 Å². The number of alkyl halides is 1. The van der Waals surface area contributed by atoms with Crippen LogP contribution in [0.4, 0.5) is 4.39 Å². The van der Waals surface area contributed by atoms with E-state index in [4.69, 9.17) is 4.74 Å². The first-order valence-electron chi connectivity index (χ1n) is 4.72. The Morgan fingerprint density at radius 1 is 1.62 bits per heavy atom. The summed E-state index contributed by atoms with van der Waals surface area (Å²) in [5, 5.41) is 9.65. The maximum atomic E-state index is 12.9. The zero-order chi connectivity index (χ0) is 12.1. The van der Waals surface area contributed by atoms with E-state index >= 15 is 0 Å².